The Bertz CT molecular complexity index is 676. The van der Waals surface area contributed by atoms with Crippen molar-refractivity contribution in [3.63, 3.8) is 0 Å². The second-order valence-corrected chi connectivity index (χ2v) is 5.20. The molecule has 0 bridgehead atoms. The maximum absolute atomic E-state index is 12.2. The van der Waals surface area contributed by atoms with Gasteiger partial charge in [-0.3, -0.25) is 10.1 Å². The van der Waals surface area contributed by atoms with Gasteiger partial charge in [-0.25, -0.2) is 0 Å². The molecule has 0 saturated heterocycles. The number of carbonyl (C=O) groups is 1. The normalized spacial score (nSPS) is 13.0. The molecule has 0 spiro atoms. The lowest BCUT2D eigenvalue weighted by Gasteiger charge is -2.20. The maximum Gasteiger partial charge on any atom is 0.241 e. The van der Waals surface area contributed by atoms with Gasteiger partial charge in [0.1, 0.15) is 0 Å². The Morgan fingerprint density at radius 1 is 1.09 bits per heavy atom. The third-order valence-electron chi connectivity index (χ3n) is 3.45. The van der Waals surface area contributed by atoms with Crippen molar-refractivity contribution in [2.45, 2.75) is 25.9 Å². The van der Waals surface area contributed by atoms with Crippen LogP contribution in [0.15, 0.2) is 54.6 Å². The Morgan fingerprint density at radius 3 is 2.50 bits per heavy atom. The Labute approximate surface area is 130 Å². The molecule has 2 aromatic rings. The van der Waals surface area contributed by atoms with E-state index in [0.29, 0.717) is 11.3 Å². The SMILES string of the molecule is C[C@H](N[C@H](C)c1ccccc1)C(=O)Nc1cccc(C#N)c1. The van der Waals surface area contributed by atoms with Crippen LogP contribution in [0.4, 0.5) is 5.69 Å². The molecule has 112 valence electrons. The van der Waals surface area contributed by atoms with Crippen molar-refractivity contribution in [2.75, 3.05) is 5.32 Å². The summed E-state index contributed by atoms with van der Waals surface area (Å²) in [6.45, 7) is 3.85. The molecule has 0 fully saturated rings. The summed E-state index contributed by atoms with van der Waals surface area (Å²) in [6.07, 6.45) is 0. The summed E-state index contributed by atoms with van der Waals surface area (Å²) in [7, 11) is 0. The maximum atomic E-state index is 12.2. The van der Waals surface area contributed by atoms with E-state index < -0.39 is 0 Å². The quantitative estimate of drug-likeness (QED) is 0.889. The minimum Gasteiger partial charge on any atom is -0.325 e. The molecular weight excluding hydrogens is 274 g/mol. The fourth-order valence-corrected chi connectivity index (χ4v) is 2.21. The molecule has 4 heteroatoms. The minimum absolute atomic E-state index is 0.0763. The second kappa shape index (κ2) is 7.39. The largest absolute Gasteiger partial charge is 0.325 e. The first-order chi connectivity index (χ1) is 10.6. The number of nitrogens with one attached hydrogen (secondary N) is 2. The molecule has 4 nitrogen and oxygen atoms in total. The first-order valence-corrected chi connectivity index (χ1v) is 7.22. The molecule has 0 aliphatic carbocycles. The van der Waals surface area contributed by atoms with Crippen LogP contribution in [0.1, 0.15) is 31.0 Å². The van der Waals surface area contributed by atoms with Gasteiger partial charge in [-0.05, 0) is 37.6 Å². The van der Waals surface area contributed by atoms with E-state index in [-0.39, 0.29) is 18.0 Å². The van der Waals surface area contributed by atoms with E-state index >= 15 is 0 Å². The second-order valence-electron chi connectivity index (χ2n) is 5.20. The minimum atomic E-state index is -0.346. The van der Waals surface area contributed by atoms with Gasteiger partial charge < -0.3 is 5.32 Å². The van der Waals surface area contributed by atoms with Crippen molar-refractivity contribution < 1.29 is 4.79 Å². The van der Waals surface area contributed by atoms with Crippen LogP contribution in [0.5, 0.6) is 0 Å². The molecular formula is C18H19N3O. The van der Waals surface area contributed by atoms with E-state index in [4.69, 9.17) is 5.26 Å². The number of amides is 1. The van der Waals surface area contributed by atoms with Crippen LogP contribution in [-0.2, 0) is 4.79 Å². The molecule has 0 unspecified atom stereocenters. The van der Waals surface area contributed by atoms with Crippen molar-refractivity contribution in [3.05, 3.63) is 65.7 Å². The van der Waals surface area contributed by atoms with E-state index in [2.05, 4.69) is 16.7 Å². The highest BCUT2D eigenvalue weighted by Crippen LogP contribution is 2.13. The third-order valence-corrected chi connectivity index (χ3v) is 3.45. The smallest absolute Gasteiger partial charge is 0.241 e. The Balaban J connectivity index is 1.96. The van der Waals surface area contributed by atoms with Crippen LogP contribution in [0.3, 0.4) is 0 Å². The Kier molecular flexibility index (Phi) is 5.29. The first kappa shape index (κ1) is 15.7. The zero-order valence-corrected chi connectivity index (χ0v) is 12.7. The molecule has 0 saturated carbocycles. The average Bonchev–Trinajstić information content (AvgIpc) is 2.55. The average molecular weight is 293 g/mol. The van der Waals surface area contributed by atoms with Crippen molar-refractivity contribution >= 4 is 11.6 Å². The number of anilines is 1. The van der Waals surface area contributed by atoms with E-state index in [1.165, 1.54) is 0 Å². The van der Waals surface area contributed by atoms with Gasteiger partial charge in [-0.15, -0.1) is 0 Å². The third kappa shape index (κ3) is 4.18. The predicted molar refractivity (Wildman–Crippen MR) is 87.2 cm³/mol. The van der Waals surface area contributed by atoms with Crippen molar-refractivity contribution in [3.8, 4) is 6.07 Å². The predicted octanol–water partition coefficient (Wildman–Crippen LogP) is 3.24. The molecule has 0 heterocycles. The number of nitriles is 1. The van der Waals surface area contributed by atoms with Crippen LogP contribution in [0, 0.1) is 11.3 Å². The Hall–Kier alpha value is -2.64. The van der Waals surface area contributed by atoms with Gasteiger partial charge in [0.15, 0.2) is 0 Å². The van der Waals surface area contributed by atoms with E-state index in [0.717, 1.165) is 5.56 Å². The zero-order valence-electron chi connectivity index (χ0n) is 12.7. The summed E-state index contributed by atoms with van der Waals surface area (Å²) in [5.74, 6) is -0.127. The first-order valence-electron chi connectivity index (χ1n) is 7.22. The van der Waals surface area contributed by atoms with Gasteiger partial charge in [-0.1, -0.05) is 36.4 Å². The van der Waals surface area contributed by atoms with E-state index in [1.54, 1.807) is 24.3 Å². The number of nitrogens with zero attached hydrogens (tertiary/aromatic N) is 1. The Morgan fingerprint density at radius 2 is 1.82 bits per heavy atom. The van der Waals surface area contributed by atoms with Gasteiger partial charge in [0.2, 0.25) is 5.91 Å². The molecule has 2 N–H and O–H groups in total. The lowest BCUT2D eigenvalue weighted by atomic mass is 10.1. The monoisotopic (exact) mass is 293 g/mol. The molecule has 0 aliphatic heterocycles. The molecule has 0 aromatic heterocycles. The summed E-state index contributed by atoms with van der Waals surface area (Å²) in [6, 6.07) is 18.6. The van der Waals surface area contributed by atoms with Crippen LogP contribution in [0.25, 0.3) is 0 Å². The van der Waals surface area contributed by atoms with Gasteiger partial charge in [0.05, 0.1) is 17.7 Å². The van der Waals surface area contributed by atoms with Gasteiger partial charge in [-0.2, -0.15) is 5.26 Å². The fraction of sp³-hybridized carbons (Fsp3) is 0.222. The highest BCUT2D eigenvalue weighted by Gasteiger charge is 2.16. The topological polar surface area (TPSA) is 64.9 Å². The summed E-state index contributed by atoms with van der Waals surface area (Å²) in [4.78, 5) is 12.2. The summed E-state index contributed by atoms with van der Waals surface area (Å²) < 4.78 is 0. The summed E-state index contributed by atoms with van der Waals surface area (Å²) in [5.41, 5.74) is 2.29. The summed E-state index contributed by atoms with van der Waals surface area (Å²) >= 11 is 0. The van der Waals surface area contributed by atoms with Gasteiger partial charge in [0.25, 0.3) is 0 Å². The number of rotatable bonds is 5. The van der Waals surface area contributed by atoms with Crippen molar-refractivity contribution in [1.29, 1.82) is 5.26 Å². The standard InChI is InChI=1S/C18H19N3O/c1-13(16-8-4-3-5-9-16)20-14(2)18(22)21-17-10-6-7-15(11-17)12-19/h3-11,13-14,20H,1-2H3,(H,21,22)/t13-,14+/m1/s1. The highest BCUT2D eigenvalue weighted by molar-refractivity contribution is 5.94. The van der Waals surface area contributed by atoms with Crippen LogP contribution < -0.4 is 10.6 Å². The molecule has 0 aliphatic rings. The molecule has 2 aromatic carbocycles. The molecule has 2 rings (SSSR count). The number of hydrogen-bond acceptors (Lipinski definition) is 3. The van der Waals surface area contributed by atoms with Crippen LogP contribution in [0.2, 0.25) is 0 Å². The number of hydrogen-bond donors (Lipinski definition) is 2. The van der Waals surface area contributed by atoms with Crippen LogP contribution >= 0.6 is 0 Å². The van der Waals surface area contributed by atoms with E-state index in [1.807, 2.05) is 44.2 Å². The van der Waals surface area contributed by atoms with E-state index in [9.17, 15) is 4.79 Å². The van der Waals surface area contributed by atoms with Gasteiger partial charge >= 0.3 is 0 Å². The van der Waals surface area contributed by atoms with Gasteiger partial charge in [0, 0.05) is 11.7 Å². The fourth-order valence-electron chi connectivity index (χ4n) is 2.21. The molecule has 1 amide bonds. The van der Waals surface area contributed by atoms with Crippen LogP contribution in [-0.4, -0.2) is 11.9 Å². The lowest BCUT2D eigenvalue weighted by molar-refractivity contribution is -0.117. The number of benzene rings is 2. The van der Waals surface area contributed by atoms with Crippen molar-refractivity contribution in [2.24, 2.45) is 0 Å². The molecule has 2 atom stereocenters. The zero-order chi connectivity index (χ0) is 15.9. The lowest BCUT2D eigenvalue weighted by Crippen LogP contribution is -2.39. The van der Waals surface area contributed by atoms with Crippen molar-refractivity contribution in [1.82, 2.24) is 5.32 Å². The highest BCUT2D eigenvalue weighted by atomic mass is 16.2. The molecule has 0 radical (unpaired) electrons. The molecule has 22 heavy (non-hydrogen) atoms. The number of carbonyl (C=O) groups excluding carboxylic acids is 1. The summed E-state index contributed by atoms with van der Waals surface area (Å²) in [5, 5.41) is 15.0.